The maximum Gasteiger partial charge on any atom is 0.280 e. The number of sulfonamides is 1. The van der Waals surface area contributed by atoms with E-state index in [1.54, 1.807) is 0 Å². The molecule has 3 aromatic carbocycles. The van der Waals surface area contributed by atoms with E-state index < -0.39 is 20.9 Å². The third-order valence-corrected chi connectivity index (χ3v) is 9.35. The molecule has 13 heteroatoms. The number of carbonyl (C=O) groups is 1. The molecule has 0 aliphatic rings. The predicted molar refractivity (Wildman–Crippen MR) is 170 cm³/mol. The largest absolute Gasteiger partial charge is 0.280 e. The summed E-state index contributed by atoms with van der Waals surface area (Å²) < 4.78 is 30.1. The van der Waals surface area contributed by atoms with Crippen LogP contribution in [-0.4, -0.2) is 47.8 Å². The fourth-order valence-electron chi connectivity index (χ4n) is 4.10. The third kappa shape index (κ3) is 7.46. The van der Waals surface area contributed by atoms with E-state index in [9.17, 15) is 23.3 Å². The molecule has 0 fully saturated rings. The molecule has 10 nitrogen and oxygen atoms in total. The fraction of sp³-hybridized carbons (Fsp3) is 0.276. The van der Waals surface area contributed by atoms with Crippen molar-refractivity contribution in [3.8, 4) is 0 Å². The van der Waals surface area contributed by atoms with E-state index in [0.29, 0.717) is 29.3 Å². The summed E-state index contributed by atoms with van der Waals surface area (Å²) in [7, 11) is -3.77. The van der Waals surface area contributed by atoms with Gasteiger partial charge < -0.3 is 0 Å². The van der Waals surface area contributed by atoms with E-state index in [-0.39, 0.29) is 28.0 Å². The number of rotatable bonds is 11. The Morgan fingerprint density at radius 3 is 2.21 bits per heavy atom. The Kier molecular flexibility index (Phi) is 9.87. The van der Waals surface area contributed by atoms with E-state index in [4.69, 9.17) is 0 Å². The van der Waals surface area contributed by atoms with Gasteiger partial charge in [0.2, 0.25) is 15.2 Å². The van der Waals surface area contributed by atoms with Gasteiger partial charge >= 0.3 is 0 Å². The van der Waals surface area contributed by atoms with Gasteiger partial charge in [-0.15, -0.1) is 0 Å². The molecular formula is C29H30BrN5O5S2. The summed E-state index contributed by atoms with van der Waals surface area (Å²) >= 11 is 4.71. The van der Waals surface area contributed by atoms with Crippen LogP contribution in [-0.2, 0) is 10.0 Å². The molecule has 0 saturated carbocycles. The topological polar surface area (TPSA) is 126 Å². The molecule has 0 spiro atoms. The lowest BCUT2D eigenvalue weighted by molar-refractivity contribution is -0.384. The van der Waals surface area contributed by atoms with Crippen LogP contribution in [0.4, 0.5) is 10.8 Å². The van der Waals surface area contributed by atoms with Gasteiger partial charge in [-0.1, -0.05) is 55.0 Å². The van der Waals surface area contributed by atoms with Crippen molar-refractivity contribution < 1.29 is 18.1 Å². The maximum atomic E-state index is 13.8. The number of nitro groups is 1. The Morgan fingerprint density at radius 2 is 1.64 bits per heavy atom. The van der Waals surface area contributed by atoms with Crippen LogP contribution >= 0.6 is 27.3 Å². The molecule has 1 aromatic heterocycles. The molecule has 0 N–H and O–H groups in total. The van der Waals surface area contributed by atoms with Crippen molar-refractivity contribution in [1.82, 2.24) is 9.29 Å². The number of aromatic nitrogens is 1. The number of halogens is 1. The molecule has 0 saturated heterocycles. The van der Waals surface area contributed by atoms with Gasteiger partial charge in [-0.25, -0.2) is 13.4 Å². The summed E-state index contributed by atoms with van der Waals surface area (Å²) in [6.45, 7) is 8.66. The van der Waals surface area contributed by atoms with Crippen molar-refractivity contribution in [3.05, 3.63) is 92.4 Å². The highest BCUT2D eigenvalue weighted by Gasteiger charge is 2.27. The first-order valence-electron chi connectivity index (χ1n) is 13.1. The normalized spacial score (nSPS) is 12.2. The van der Waals surface area contributed by atoms with Gasteiger partial charge in [-0.2, -0.15) is 14.4 Å². The number of anilines is 1. The minimum absolute atomic E-state index is 0.0628. The van der Waals surface area contributed by atoms with Crippen LogP contribution in [0.25, 0.3) is 10.2 Å². The first-order valence-corrected chi connectivity index (χ1v) is 16.2. The van der Waals surface area contributed by atoms with Gasteiger partial charge in [0.05, 0.1) is 26.3 Å². The number of carbonyl (C=O) groups excluding carboxylic acids is 1. The van der Waals surface area contributed by atoms with Crippen LogP contribution in [0.1, 0.15) is 43.6 Å². The third-order valence-electron chi connectivity index (χ3n) is 6.02. The monoisotopic (exact) mass is 671 g/mol. The highest BCUT2D eigenvalue weighted by atomic mass is 79.9. The lowest BCUT2D eigenvalue weighted by Gasteiger charge is -2.25. The summed E-state index contributed by atoms with van der Waals surface area (Å²) in [5.74, 6) is -0.219. The Labute approximate surface area is 257 Å². The molecule has 1 heterocycles. The van der Waals surface area contributed by atoms with E-state index in [1.165, 1.54) is 70.4 Å². The Balaban J connectivity index is 1.68. The van der Waals surface area contributed by atoms with Gasteiger partial charge in [0.25, 0.3) is 11.6 Å². The minimum atomic E-state index is -3.77. The summed E-state index contributed by atoms with van der Waals surface area (Å²) in [4.78, 5) is 29.0. The number of amides is 1. The number of thiazole rings is 1. The highest BCUT2D eigenvalue weighted by Crippen LogP contribution is 2.32. The molecule has 1 amide bonds. The van der Waals surface area contributed by atoms with Crippen molar-refractivity contribution in [1.29, 1.82) is 0 Å². The van der Waals surface area contributed by atoms with Crippen LogP contribution in [0.3, 0.4) is 0 Å². The number of non-ortho nitro benzene ring substituents is 1. The van der Waals surface area contributed by atoms with Gasteiger partial charge in [0, 0.05) is 35.3 Å². The second-order valence-corrected chi connectivity index (χ2v) is 14.3. The molecule has 0 aliphatic carbocycles. The molecule has 220 valence electrons. The van der Waals surface area contributed by atoms with Gasteiger partial charge in [0.1, 0.15) is 0 Å². The molecular weight excluding hydrogens is 642 g/mol. The molecule has 4 aromatic rings. The number of nitrogens with zero attached hydrogens (tertiary/aromatic N) is 5. The fourth-order valence-corrected chi connectivity index (χ4v) is 7.34. The van der Waals surface area contributed by atoms with Crippen molar-refractivity contribution in [2.75, 3.05) is 18.1 Å². The molecule has 0 unspecified atom stereocenters. The maximum absolute atomic E-state index is 13.8. The Hall–Kier alpha value is -3.52. The average Bonchev–Trinajstić information content (AvgIpc) is 3.35. The standard InChI is InChI=1S/C29H30BrN5O5S2/c1-19(2)17-33(18-20(3)4)42(39,40)25-12-7-22(8-13-25)28(36)34(29-32-26-14-9-23(30)15-27(26)41-29)31-16-21-5-10-24(11-6-21)35(37)38/h5-16,19-20H,17-18H2,1-4H3/b31-16+. The Bertz CT molecular complexity index is 1710. The van der Waals surface area contributed by atoms with E-state index in [0.717, 1.165) is 14.2 Å². The molecule has 4 rings (SSSR count). The first kappa shape index (κ1) is 31.4. The van der Waals surface area contributed by atoms with Crippen LogP contribution in [0.5, 0.6) is 0 Å². The van der Waals surface area contributed by atoms with E-state index in [1.807, 2.05) is 45.9 Å². The van der Waals surface area contributed by atoms with Crippen molar-refractivity contribution in [2.45, 2.75) is 32.6 Å². The molecule has 0 aliphatic heterocycles. The molecule has 0 bridgehead atoms. The quantitative estimate of drug-likeness (QED) is 0.0965. The number of hydrogen-bond acceptors (Lipinski definition) is 8. The summed E-state index contributed by atoms with van der Waals surface area (Å²) in [6.07, 6.45) is 1.41. The second-order valence-electron chi connectivity index (χ2n) is 10.5. The lowest BCUT2D eigenvalue weighted by atomic mass is 10.2. The van der Waals surface area contributed by atoms with Crippen molar-refractivity contribution in [2.24, 2.45) is 16.9 Å². The minimum Gasteiger partial charge on any atom is -0.267 e. The second kappa shape index (κ2) is 13.2. The molecule has 0 radical (unpaired) electrons. The highest BCUT2D eigenvalue weighted by molar-refractivity contribution is 9.10. The van der Waals surface area contributed by atoms with E-state index >= 15 is 0 Å². The van der Waals surface area contributed by atoms with Crippen molar-refractivity contribution in [3.63, 3.8) is 0 Å². The molecule has 0 atom stereocenters. The average molecular weight is 673 g/mol. The number of hydrazone groups is 1. The number of hydrogen-bond donors (Lipinski definition) is 0. The predicted octanol–water partition coefficient (Wildman–Crippen LogP) is 6.95. The number of fused-ring (bicyclic) bond motifs is 1. The van der Waals surface area contributed by atoms with Crippen LogP contribution in [0.15, 0.2) is 81.2 Å². The van der Waals surface area contributed by atoms with E-state index in [2.05, 4.69) is 26.0 Å². The Morgan fingerprint density at radius 1 is 1.02 bits per heavy atom. The smallest absolute Gasteiger partial charge is 0.267 e. The lowest BCUT2D eigenvalue weighted by Crippen LogP contribution is -2.37. The summed E-state index contributed by atoms with van der Waals surface area (Å²) in [5, 5.41) is 16.9. The van der Waals surface area contributed by atoms with Gasteiger partial charge in [0.15, 0.2) is 0 Å². The van der Waals surface area contributed by atoms with Crippen molar-refractivity contribution >= 4 is 70.4 Å². The zero-order chi connectivity index (χ0) is 30.6. The zero-order valence-corrected chi connectivity index (χ0v) is 26.7. The first-order chi connectivity index (χ1) is 19.8. The number of benzene rings is 3. The SMILES string of the molecule is CC(C)CN(CC(C)C)S(=O)(=O)c1ccc(C(=O)N(/N=C/c2ccc([N+](=O)[O-])cc2)c2nc3ccc(Br)cc3s2)cc1. The molecule has 42 heavy (non-hydrogen) atoms. The summed E-state index contributed by atoms with van der Waals surface area (Å²) in [6, 6.07) is 17.1. The van der Waals surface area contributed by atoms with Gasteiger partial charge in [-0.05, 0) is 72.0 Å². The zero-order valence-electron chi connectivity index (χ0n) is 23.5. The van der Waals surface area contributed by atoms with Gasteiger partial charge in [-0.3, -0.25) is 14.9 Å². The van der Waals surface area contributed by atoms with Crippen LogP contribution in [0.2, 0.25) is 0 Å². The summed E-state index contributed by atoms with van der Waals surface area (Å²) in [5.41, 5.74) is 1.37. The van der Waals surface area contributed by atoms with Crippen LogP contribution in [0, 0.1) is 22.0 Å². The number of nitro benzene ring substituents is 1. The van der Waals surface area contributed by atoms with Crippen LogP contribution < -0.4 is 5.01 Å².